The van der Waals surface area contributed by atoms with Crippen LogP contribution in [-0.2, 0) is 4.79 Å². The van der Waals surface area contributed by atoms with Gasteiger partial charge in [0.25, 0.3) is 11.8 Å². The molecule has 2 amide bonds. The van der Waals surface area contributed by atoms with Crippen LogP contribution in [0.25, 0.3) is 0 Å². The Morgan fingerprint density at radius 2 is 1.96 bits per heavy atom. The zero-order chi connectivity index (χ0) is 18.5. The number of rotatable bonds is 5. The van der Waals surface area contributed by atoms with Gasteiger partial charge in [0.15, 0.2) is 6.61 Å². The maximum atomic E-state index is 13.6. The minimum atomic E-state index is -0.566. The van der Waals surface area contributed by atoms with Gasteiger partial charge < -0.3 is 20.7 Å². The van der Waals surface area contributed by atoms with E-state index in [0.717, 1.165) is 5.56 Å². The van der Waals surface area contributed by atoms with Crippen molar-refractivity contribution in [3.8, 4) is 5.75 Å². The molecular weight excluding hydrogens is 373 g/mol. The summed E-state index contributed by atoms with van der Waals surface area (Å²) in [6, 6.07) is 12.6. The van der Waals surface area contributed by atoms with Crippen molar-refractivity contribution in [2.75, 3.05) is 26.2 Å². The molecule has 6 nitrogen and oxygen atoms in total. The fourth-order valence-electron chi connectivity index (χ4n) is 2.97. The second kappa shape index (κ2) is 9.34. The van der Waals surface area contributed by atoms with Gasteiger partial charge in [0, 0.05) is 25.2 Å². The standard InChI is InChI=1S/C19H20FN3O3.ClH/c20-15-3-1-2-14(10-15)17-11-22-8-9-23(17)19(25)13-4-6-16(7-5-13)26-12-18(21)24;/h1-7,10,17,22H,8-9,11-12H2,(H2,21,24);1H. The number of hydrogen-bond donors (Lipinski definition) is 2. The molecule has 0 saturated carbocycles. The van der Waals surface area contributed by atoms with E-state index in [1.54, 1.807) is 35.2 Å². The minimum absolute atomic E-state index is 0. The van der Waals surface area contributed by atoms with E-state index in [0.29, 0.717) is 30.9 Å². The first-order chi connectivity index (χ1) is 12.5. The van der Waals surface area contributed by atoms with E-state index >= 15 is 0 Å². The molecule has 2 aromatic carbocycles. The highest BCUT2D eigenvalue weighted by molar-refractivity contribution is 5.94. The second-order valence-electron chi connectivity index (χ2n) is 6.05. The highest BCUT2D eigenvalue weighted by Crippen LogP contribution is 2.25. The van der Waals surface area contributed by atoms with Gasteiger partial charge in [0.1, 0.15) is 11.6 Å². The lowest BCUT2D eigenvalue weighted by Crippen LogP contribution is -2.48. The number of nitrogens with two attached hydrogens (primary N) is 1. The Balaban J connectivity index is 0.00000261. The van der Waals surface area contributed by atoms with Crippen molar-refractivity contribution in [3.63, 3.8) is 0 Å². The Hall–Kier alpha value is -2.64. The Bertz CT molecular complexity index is 801. The van der Waals surface area contributed by atoms with Crippen LogP contribution in [0.1, 0.15) is 22.0 Å². The number of benzene rings is 2. The Labute approximate surface area is 162 Å². The summed E-state index contributed by atoms with van der Waals surface area (Å²) >= 11 is 0. The van der Waals surface area contributed by atoms with E-state index in [4.69, 9.17) is 10.5 Å². The molecule has 0 spiro atoms. The molecule has 1 saturated heterocycles. The summed E-state index contributed by atoms with van der Waals surface area (Å²) in [4.78, 5) is 25.4. The minimum Gasteiger partial charge on any atom is -0.484 e. The lowest BCUT2D eigenvalue weighted by molar-refractivity contribution is -0.119. The van der Waals surface area contributed by atoms with E-state index in [-0.39, 0.29) is 36.8 Å². The summed E-state index contributed by atoms with van der Waals surface area (Å²) in [5, 5.41) is 3.25. The number of carbonyl (C=O) groups excluding carboxylic acids is 2. The molecule has 0 aromatic heterocycles. The van der Waals surface area contributed by atoms with Crippen LogP contribution in [0.3, 0.4) is 0 Å². The average molecular weight is 394 g/mol. The Kier molecular flexibility index (Phi) is 7.15. The van der Waals surface area contributed by atoms with Gasteiger partial charge in [-0.05, 0) is 42.0 Å². The summed E-state index contributed by atoms with van der Waals surface area (Å²) in [6.45, 7) is 1.55. The fraction of sp³-hybridized carbons (Fsp3) is 0.263. The molecule has 1 fully saturated rings. The highest BCUT2D eigenvalue weighted by Gasteiger charge is 2.28. The third-order valence-corrected chi connectivity index (χ3v) is 4.22. The number of piperazine rings is 1. The highest BCUT2D eigenvalue weighted by atomic mass is 35.5. The lowest BCUT2D eigenvalue weighted by Gasteiger charge is -2.36. The summed E-state index contributed by atoms with van der Waals surface area (Å²) in [7, 11) is 0. The quantitative estimate of drug-likeness (QED) is 0.812. The van der Waals surface area contributed by atoms with Crippen LogP contribution in [0.2, 0.25) is 0 Å². The summed E-state index contributed by atoms with van der Waals surface area (Å²) in [5.41, 5.74) is 6.30. The predicted molar refractivity (Wildman–Crippen MR) is 101 cm³/mol. The summed E-state index contributed by atoms with van der Waals surface area (Å²) in [6.07, 6.45) is 0. The fourth-order valence-corrected chi connectivity index (χ4v) is 2.97. The number of halogens is 2. The molecule has 1 aliphatic heterocycles. The van der Waals surface area contributed by atoms with Crippen molar-refractivity contribution in [2.45, 2.75) is 6.04 Å². The lowest BCUT2D eigenvalue weighted by atomic mass is 10.0. The van der Waals surface area contributed by atoms with Crippen LogP contribution in [-0.4, -0.2) is 43.0 Å². The summed E-state index contributed by atoms with van der Waals surface area (Å²) in [5.74, 6) is -0.565. The van der Waals surface area contributed by atoms with E-state index < -0.39 is 5.91 Å². The van der Waals surface area contributed by atoms with Crippen molar-refractivity contribution < 1.29 is 18.7 Å². The third kappa shape index (κ3) is 5.18. The molecule has 0 bridgehead atoms. The van der Waals surface area contributed by atoms with Gasteiger partial charge in [-0.25, -0.2) is 4.39 Å². The molecule has 1 heterocycles. The number of hydrogen-bond acceptors (Lipinski definition) is 4. The third-order valence-electron chi connectivity index (χ3n) is 4.22. The average Bonchev–Trinajstić information content (AvgIpc) is 2.66. The maximum Gasteiger partial charge on any atom is 0.255 e. The zero-order valence-electron chi connectivity index (χ0n) is 14.6. The Morgan fingerprint density at radius 1 is 1.22 bits per heavy atom. The van der Waals surface area contributed by atoms with Crippen molar-refractivity contribution in [1.82, 2.24) is 10.2 Å². The molecule has 2 aromatic rings. The van der Waals surface area contributed by atoms with Crippen LogP contribution in [0.5, 0.6) is 5.75 Å². The molecule has 0 radical (unpaired) electrons. The predicted octanol–water partition coefficient (Wildman–Crippen LogP) is 1.90. The van der Waals surface area contributed by atoms with Crippen LogP contribution >= 0.6 is 12.4 Å². The van der Waals surface area contributed by atoms with Gasteiger partial charge in [-0.15, -0.1) is 12.4 Å². The SMILES string of the molecule is Cl.NC(=O)COc1ccc(C(=O)N2CCNCC2c2cccc(F)c2)cc1. The van der Waals surface area contributed by atoms with Crippen molar-refractivity contribution in [2.24, 2.45) is 5.73 Å². The first-order valence-electron chi connectivity index (χ1n) is 8.33. The number of ether oxygens (including phenoxy) is 1. The van der Waals surface area contributed by atoms with Gasteiger partial charge in [-0.3, -0.25) is 9.59 Å². The number of nitrogens with one attached hydrogen (secondary N) is 1. The van der Waals surface area contributed by atoms with E-state index in [9.17, 15) is 14.0 Å². The summed E-state index contributed by atoms with van der Waals surface area (Å²) < 4.78 is 18.8. The van der Waals surface area contributed by atoms with Gasteiger partial charge in [-0.2, -0.15) is 0 Å². The van der Waals surface area contributed by atoms with Crippen LogP contribution in [0.15, 0.2) is 48.5 Å². The molecule has 1 unspecified atom stereocenters. The number of primary amides is 1. The van der Waals surface area contributed by atoms with Crippen LogP contribution in [0, 0.1) is 5.82 Å². The number of amides is 2. The topological polar surface area (TPSA) is 84.7 Å². The molecule has 27 heavy (non-hydrogen) atoms. The maximum absolute atomic E-state index is 13.6. The van der Waals surface area contributed by atoms with Crippen LogP contribution in [0.4, 0.5) is 4.39 Å². The van der Waals surface area contributed by atoms with Gasteiger partial charge in [0.2, 0.25) is 0 Å². The van der Waals surface area contributed by atoms with Gasteiger partial charge >= 0.3 is 0 Å². The Morgan fingerprint density at radius 3 is 2.63 bits per heavy atom. The van der Waals surface area contributed by atoms with E-state index in [2.05, 4.69) is 5.32 Å². The smallest absolute Gasteiger partial charge is 0.255 e. The largest absolute Gasteiger partial charge is 0.484 e. The molecular formula is C19H21ClFN3O3. The zero-order valence-corrected chi connectivity index (χ0v) is 15.4. The molecule has 144 valence electrons. The van der Waals surface area contributed by atoms with Crippen molar-refractivity contribution >= 4 is 24.2 Å². The molecule has 1 atom stereocenters. The molecule has 3 rings (SSSR count). The van der Waals surface area contributed by atoms with E-state index in [1.165, 1.54) is 12.1 Å². The van der Waals surface area contributed by atoms with E-state index in [1.807, 2.05) is 6.07 Å². The normalized spacial score (nSPS) is 16.3. The van der Waals surface area contributed by atoms with Gasteiger partial charge in [-0.1, -0.05) is 12.1 Å². The molecule has 1 aliphatic rings. The van der Waals surface area contributed by atoms with Gasteiger partial charge in [0.05, 0.1) is 6.04 Å². The number of carbonyl (C=O) groups is 2. The van der Waals surface area contributed by atoms with Crippen molar-refractivity contribution in [3.05, 3.63) is 65.5 Å². The molecule has 8 heteroatoms. The molecule has 0 aliphatic carbocycles. The van der Waals surface area contributed by atoms with Crippen LogP contribution < -0.4 is 15.8 Å². The monoisotopic (exact) mass is 393 g/mol. The first kappa shape index (κ1) is 20.7. The number of nitrogens with zero attached hydrogens (tertiary/aromatic N) is 1. The first-order valence-corrected chi connectivity index (χ1v) is 8.33. The van der Waals surface area contributed by atoms with Crippen molar-refractivity contribution in [1.29, 1.82) is 0 Å². The molecule has 3 N–H and O–H groups in total. The second-order valence-corrected chi connectivity index (χ2v) is 6.05.